The fourth-order valence-electron chi connectivity index (χ4n) is 0. The van der Waals surface area contributed by atoms with Crippen molar-refractivity contribution in [2.45, 2.75) is 0 Å². The average Bonchev–Trinajstić information content (AvgIpc) is 1.25. The topological polar surface area (TPSA) is 247 Å². The van der Waals surface area contributed by atoms with Crippen molar-refractivity contribution in [1.82, 2.24) is 0 Å². The maximum absolute atomic E-state index is 7.23. The van der Waals surface area contributed by atoms with Gasteiger partial charge in [-0.2, -0.15) is 0 Å². The molecule has 0 bridgehead atoms. The van der Waals surface area contributed by atoms with Crippen LogP contribution in [0.2, 0.25) is 0 Å². The third-order valence-electron chi connectivity index (χ3n) is 0. The summed E-state index contributed by atoms with van der Waals surface area (Å²) in [5, 5.41) is 0. The summed E-state index contributed by atoms with van der Waals surface area (Å²) in [5.74, 6) is 0. The van der Waals surface area contributed by atoms with Crippen LogP contribution < -0.4 is 0 Å². The third-order valence-corrected chi connectivity index (χ3v) is 0. The molecule has 14 N–H and O–H groups in total. The Bertz CT molecular complexity index is 28.4. The first-order valence-corrected chi connectivity index (χ1v) is 3.60. The molecular weight excluding hydrogens is 270 g/mol. The molecule has 0 aromatic heterocycles. The molecule has 0 heterocycles. The molecule has 0 aromatic rings. The van der Waals surface area contributed by atoms with Gasteiger partial charge in [-0.3, -0.25) is 0 Å². The average molecular weight is 284 g/mol. The van der Waals surface area contributed by atoms with Crippen molar-refractivity contribution in [3.8, 4) is 0 Å². The van der Waals surface area contributed by atoms with Gasteiger partial charge in [0.15, 0.2) is 0 Å². The molecule has 0 aliphatic rings. The van der Waals surface area contributed by atoms with Gasteiger partial charge in [0.1, 0.15) is 0 Å². The Labute approximate surface area is 90.6 Å². The van der Waals surface area contributed by atoms with E-state index < -0.39 is 17.2 Å². The van der Waals surface area contributed by atoms with Crippen LogP contribution in [0.4, 0.5) is 0 Å². The van der Waals surface area contributed by atoms with E-state index in [1.54, 1.807) is 0 Å². The Hall–Kier alpha value is 1.17. The SMILES string of the molecule is O.O.O.O.OP(O)O.OP(O)O.[Ti]. The molecule has 0 unspecified atom stereocenters. The Balaban J connectivity index is -0.00000000800. The molecule has 13 heteroatoms. The van der Waals surface area contributed by atoms with Crippen LogP contribution in [-0.4, -0.2) is 51.3 Å². The van der Waals surface area contributed by atoms with E-state index in [-0.39, 0.29) is 43.6 Å². The molecule has 0 radical (unpaired) electrons. The summed E-state index contributed by atoms with van der Waals surface area (Å²) < 4.78 is 0. The molecule has 0 saturated carbocycles. The summed E-state index contributed by atoms with van der Waals surface area (Å²) in [6, 6.07) is 0. The van der Waals surface area contributed by atoms with Crippen LogP contribution in [-0.2, 0) is 21.7 Å². The van der Waals surface area contributed by atoms with Crippen molar-refractivity contribution in [2.24, 2.45) is 0 Å². The van der Waals surface area contributed by atoms with E-state index in [2.05, 4.69) is 0 Å². The molecule has 10 nitrogen and oxygen atoms in total. The van der Waals surface area contributed by atoms with Gasteiger partial charge < -0.3 is 51.3 Å². The first-order chi connectivity index (χ1) is 3.46. The standard InChI is InChI=1S/2H3O3P.4H2O.Ti/c2*1-4(2)3;;;;;/h2*1-3H;4*1H2;. The Morgan fingerprint density at radius 1 is 0.462 bits per heavy atom. The fraction of sp³-hybridized carbons (Fsp3) is 0. The van der Waals surface area contributed by atoms with Crippen LogP contribution in [0.25, 0.3) is 0 Å². The van der Waals surface area contributed by atoms with Crippen molar-refractivity contribution >= 4 is 17.2 Å². The predicted octanol–water partition coefficient (Wildman–Crippen LogP) is -4.92. The van der Waals surface area contributed by atoms with E-state index in [9.17, 15) is 0 Å². The van der Waals surface area contributed by atoms with Crippen molar-refractivity contribution in [3.05, 3.63) is 0 Å². The van der Waals surface area contributed by atoms with E-state index in [0.29, 0.717) is 0 Å². The zero-order valence-electron chi connectivity index (χ0n) is 6.08. The van der Waals surface area contributed by atoms with Crippen LogP contribution >= 0.6 is 17.2 Å². The van der Waals surface area contributed by atoms with Crippen LogP contribution in [0, 0.1) is 0 Å². The minimum absolute atomic E-state index is 0. The first-order valence-electron chi connectivity index (χ1n) is 1.20. The van der Waals surface area contributed by atoms with Crippen molar-refractivity contribution in [2.75, 3.05) is 0 Å². The molecule has 0 aliphatic carbocycles. The summed E-state index contributed by atoms with van der Waals surface area (Å²) in [6.45, 7) is 0. The van der Waals surface area contributed by atoms with Crippen molar-refractivity contribution < 1.29 is 73.0 Å². The van der Waals surface area contributed by atoms with Gasteiger partial charge in [-0.05, 0) is 0 Å². The molecule has 0 saturated heterocycles. The van der Waals surface area contributed by atoms with Gasteiger partial charge >= 0.3 is 17.2 Å². The van der Waals surface area contributed by atoms with E-state index in [4.69, 9.17) is 29.4 Å². The Kier molecular flexibility index (Phi) is 139. The quantitative estimate of drug-likeness (QED) is 0.187. The summed E-state index contributed by atoms with van der Waals surface area (Å²) >= 11 is 0. The van der Waals surface area contributed by atoms with Gasteiger partial charge in [0.2, 0.25) is 0 Å². The molecule has 0 spiro atoms. The monoisotopic (exact) mass is 284 g/mol. The second kappa shape index (κ2) is 37.9. The molecular formula is H14O10P2Ti. The van der Waals surface area contributed by atoms with E-state index >= 15 is 0 Å². The summed E-state index contributed by atoms with van der Waals surface area (Å²) in [4.78, 5) is 43.4. The number of hydrogen-bond acceptors (Lipinski definition) is 6. The minimum atomic E-state index is -2.62. The van der Waals surface area contributed by atoms with Crippen LogP contribution in [0.15, 0.2) is 0 Å². The maximum atomic E-state index is 7.23. The van der Waals surface area contributed by atoms with Gasteiger partial charge in [-0.1, -0.05) is 0 Å². The smallest absolute Gasteiger partial charge is 0.324 e. The maximum Gasteiger partial charge on any atom is 0.324 e. The Morgan fingerprint density at radius 2 is 0.462 bits per heavy atom. The zero-order chi connectivity index (χ0) is 7.15. The van der Waals surface area contributed by atoms with Gasteiger partial charge in [0, 0.05) is 21.7 Å². The molecule has 0 rings (SSSR count). The summed E-state index contributed by atoms with van der Waals surface area (Å²) in [6.07, 6.45) is 0. The molecule has 88 valence electrons. The molecule has 0 aliphatic heterocycles. The molecule has 0 aromatic carbocycles. The summed E-state index contributed by atoms with van der Waals surface area (Å²) in [7, 11) is -5.24. The largest absolute Gasteiger partial charge is 0.412 e. The van der Waals surface area contributed by atoms with E-state index in [0.717, 1.165) is 0 Å². The van der Waals surface area contributed by atoms with Crippen molar-refractivity contribution in [3.63, 3.8) is 0 Å². The molecule has 13 heavy (non-hydrogen) atoms. The number of hydrogen-bond donors (Lipinski definition) is 6. The molecule has 0 fully saturated rings. The van der Waals surface area contributed by atoms with Gasteiger partial charge in [-0.15, -0.1) is 0 Å². The van der Waals surface area contributed by atoms with E-state index in [1.165, 1.54) is 0 Å². The van der Waals surface area contributed by atoms with Gasteiger partial charge in [0.25, 0.3) is 0 Å². The third kappa shape index (κ3) is 1190. The predicted molar refractivity (Wildman–Crippen MR) is 41.6 cm³/mol. The van der Waals surface area contributed by atoms with Crippen LogP contribution in [0.5, 0.6) is 0 Å². The summed E-state index contributed by atoms with van der Waals surface area (Å²) in [5.41, 5.74) is 0. The van der Waals surface area contributed by atoms with Gasteiger partial charge in [0.05, 0.1) is 0 Å². The zero-order valence-corrected chi connectivity index (χ0v) is 9.43. The fourth-order valence-corrected chi connectivity index (χ4v) is 0. The van der Waals surface area contributed by atoms with E-state index in [1.807, 2.05) is 0 Å². The second-order valence-corrected chi connectivity index (χ2v) is 1.61. The second-order valence-electron chi connectivity index (χ2n) is 0.537. The van der Waals surface area contributed by atoms with Crippen molar-refractivity contribution in [1.29, 1.82) is 0 Å². The number of rotatable bonds is 0. The van der Waals surface area contributed by atoms with Gasteiger partial charge in [-0.25, -0.2) is 0 Å². The van der Waals surface area contributed by atoms with Crippen LogP contribution in [0.3, 0.4) is 0 Å². The van der Waals surface area contributed by atoms with Crippen LogP contribution in [0.1, 0.15) is 0 Å². The first kappa shape index (κ1) is 47.8. The minimum Gasteiger partial charge on any atom is -0.412 e. The Morgan fingerprint density at radius 3 is 0.462 bits per heavy atom. The molecule has 0 atom stereocenters. The molecule has 0 amide bonds. The normalized spacial score (nSPS) is 5.54.